The number of benzene rings is 2. The molecule has 2 heterocycles. The first-order valence-electron chi connectivity index (χ1n) is 9.56. The second-order valence-electron chi connectivity index (χ2n) is 6.81. The van der Waals surface area contributed by atoms with Crippen molar-refractivity contribution in [1.29, 1.82) is 0 Å². The highest BCUT2D eigenvalue weighted by molar-refractivity contribution is 7.15. The van der Waals surface area contributed by atoms with Gasteiger partial charge in [-0.1, -0.05) is 59.7 Å². The molecule has 0 aliphatic carbocycles. The summed E-state index contributed by atoms with van der Waals surface area (Å²) in [5.41, 5.74) is 0.901. The van der Waals surface area contributed by atoms with Crippen molar-refractivity contribution < 1.29 is 4.74 Å². The van der Waals surface area contributed by atoms with Gasteiger partial charge in [0.05, 0.1) is 11.1 Å². The molecule has 4 aromatic rings. The average molecular weight is 474 g/mol. The Balaban J connectivity index is 1.68. The Bertz CT molecular complexity index is 1420. The number of rotatable bonds is 6. The molecule has 9 heteroatoms. The summed E-state index contributed by atoms with van der Waals surface area (Å²) in [7, 11) is 0. The maximum absolute atomic E-state index is 12.8. The lowest BCUT2D eigenvalue weighted by Crippen LogP contribution is -2.28. The molecule has 6 nitrogen and oxygen atoms in total. The van der Waals surface area contributed by atoms with Crippen molar-refractivity contribution >= 4 is 45.6 Å². The molecule has 0 spiro atoms. The second-order valence-corrected chi connectivity index (χ2v) is 8.66. The summed E-state index contributed by atoms with van der Waals surface area (Å²) in [4.78, 5) is 29.6. The van der Waals surface area contributed by atoms with Gasteiger partial charge in [-0.3, -0.25) is 9.59 Å². The topological polar surface area (TPSA) is 73.6 Å². The predicted molar refractivity (Wildman–Crippen MR) is 124 cm³/mol. The van der Waals surface area contributed by atoms with Gasteiger partial charge in [-0.2, -0.15) is 14.6 Å². The highest BCUT2D eigenvalue weighted by Crippen LogP contribution is 2.21. The van der Waals surface area contributed by atoms with Gasteiger partial charge in [0.15, 0.2) is 0 Å². The van der Waals surface area contributed by atoms with Crippen LogP contribution in [0.4, 0.5) is 0 Å². The molecule has 0 fully saturated rings. The molecule has 2 aromatic heterocycles. The van der Waals surface area contributed by atoms with E-state index in [4.69, 9.17) is 27.9 Å². The molecule has 4 rings (SSSR count). The lowest BCUT2D eigenvalue weighted by molar-refractivity contribution is 0.317. The molecule has 0 bridgehead atoms. The Morgan fingerprint density at radius 2 is 1.90 bits per heavy atom. The van der Waals surface area contributed by atoms with E-state index < -0.39 is 5.56 Å². The third-order valence-electron chi connectivity index (χ3n) is 4.47. The molecule has 31 heavy (non-hydrogen) atoms. The van der Waals surface area contributed by atoms with Crippen LogP contribution in [0.1, 0.15) is 30.2 Å². The van der Waals surface area contributed by atoms with Crippen molar-refractivity contribution in [2.45, 2.75) is 19.8 Å². The molecular formula is C22H17Cl2N3O3S. The van der Waals surface area contributed by atoms with Gasteiger partial charge < -0.3 is 4.74 Å². The van der Waals surface area contributed by atoms with E-state index in [-0.39, 0.29) is 22.6 Å². The minimum absolute atomic E-state index is 0.200. The third-order valence-corrected chi connectivity index (χ3v) is 5.99. The van der Waals surface area contributed by atoms with Crippen LogP contribution in [0.3, 0.4) is 0 Å². The fourth-order valence-electron chi connectivity index (χ4n) is 2.93. The van der Waals surface area contributed by atoms with Crippen LogP contribution < -0.4 is 20.4 Å². The summed E-state index contributed by atoms with van der Waals surface area (Å²) in [6.45, 7) is 2.69. The van der Waals surface area contributed by atoms with E-state index in [9.17, 15) is 9.59 Å². The van der Waals surface area contributed by atoms with Crippen LogP contribution in [0.5, 0.6) is 5.75 Å². The molecule has 0 radical (unpaired) electrons. The molecule has 0 N–H and O–H groups in total. The van der Waals surface area contributed by atoms with Crippen molar-refractivity contribution in [3.8, 4) is 5.75 Å². The van der Waals surface area contributed by atoms with Gasteiger partial charge >= 0.3 is 0 Å². The first-order chi connectivity index (χ1) is 14.9. The van der Waals surface area contributed by atoms with Crippen molar-refractivity contribution in [2.24, 2.45) is 0 Å². The molecule has 158 valence electrons. The first-order valence-corrected chi connectivity index (χ1v) is 11.1. The van der Waals surface area contributed by atoms with Crippen LogP contribution in [-0.2, 0) is 6.42 Å². The Morgan fingerprint density at radius 3 is 2.61 bits per heavy atom. The predicted octanol–water partition coefficient (Wildman–Crippen LogP) is 3.75. The summed E-state index contributed by atoms with van der Waals surface area (Å²) in [5, 5.41) is 5.20. The van der Waals surface area contributed by atoms with E-state index in [1.807, 2.05) is 31.2 Å². The number of fused-ring (bicyclic) bond motifs is 1. The van der Waals surface area contributed by atoms with Crippen molar-refractivity contribution in [1.82, 2.24) is 14.6 Å². The fraction of sp³-hybridized carbons (Fsp3) is 0.182. The van der Waals surface area contributed by atoms with Gasteiger partial charge in [-0.25, -0.2) is 0 Å². The maximum atomic E-state index is 12.8. The largest absolute Gasteiger partial charge is 0.494 e. The molecule has 0 atom stereocenters. The molecule has 0 saturated heterocycles. The third kappa shape index (κ3) is 4.79. The normalized spacial score (nSPS) is 11.9. The standard InChI is InChI=1S/C22H17Cl2N3O3S/c1-2-9-30-16-7-3-13(4-8-16)10-18-20(28)25-22-27(26-18)21(29)19(31-22)11-14-5-6-15(23)12-17(14)24/h3-8,11-12H,2,9-10H2,1H3/b19-11+. The van der Waals surface area contributed by atoms with E-state index >= 15 is 0 Å². The Morgan fingerprint density at radius 1 is 1.13 bits per heavy atom. The SMILES string of the molecule is CCCOc1ccc(Cc2nn3c(=O)/c(=C\c4ccc(Cl)cc4Cl)sc3nc2=O)cc1. The molecule has 0 saturated carbocycles. The van der Waals surface area contributed by atoms with Gasteiger partial charge in [-0.15, -0.1) is 0 Å². The van der Waals surface area contributed by atoms with Gasteiger partial charge in [0.25, 0.3) is 11.1 Å². The Kier molecular flexibility index (Phi) is 6.36. The van der Waals surface area contributed by atoms with Gasteiger partial charge in [0, 0.05) is 16.5 Å². The van der Waals surface area contributed by atoms with Crippen LogP contribution in [-0.4, -0.2) is 21.2 Å². The number of nitrogens with zero attached hydrogens (tertiary/aromatic N) is 3. The molecule has 0 unspecified atom stereocenters. The second kappa shape index (κ2) is 9.18. The molecular weight excluding hydrogens is 457 g/mol. The van der Waals surface area contributed by atoms with E-state index in [2.05, 4.69) is 10.1 Å². The van der Waals surface area contributed by atoms with Gasteiger partial charge in [0.2, 0.25) is 4.96 Å². The zero-order valence-electron chi connectivity index (χ0n) is 16.5. The van der Waals surface area contributed by atoms with Crippen LogP contribution >= 0.6 is 34.5 Å². The highest BCUT2D eigenvalue weighted by Gasteiger charge is 2.12. The minimum atomic E-state index is -0.455. The first kappa shape index (κ1) is 21.5. The van der Waals surface area contributed by atoms with Crippen LogP contribution in [0.15, 0.2) is 52.1 Å². The summed E-state index contributed by atoms with van der Waals surface area (Å²) < 4.78 is 7.11. The monoisotopic (exact) mass is 473 g/mol. The Labute approximate surface area is 191 Å². The summed E-state index contributed by atoms with van der Waals surface area (Å²) in [6, 6.07) is 12.4. The zero-order chi connectivity index (χ0) is 22.0. The molecule has 0 aliphatic rings. The molecule has 2 aromatic carbocycles. The highest BCUT2D eigenvalue weighted by atomic mass is 35.5. The van der Waals surface area contributed by atoms with Crippen molar-refractivity contribution in [3.05, 3.63) is 94.6 Å². The minimum Gasteiger partial charge on any atom is -0.494 e. The van der Waals surface area contributed by atoms with E-state index in [0.29, 0.717) is 26.7 Å². The molecule has 0 amide bonds. The number of ether oxygens (including phenoxy) is 1. The fourth-order valence-corrected chi connectivity index (χ4v) is 4.29. The van der Waals surface area contributed by atoms with Crippen LogP contribution in [0.25, 0.3) is 11.0 Å². The lowest BCUT2D eigenvalue weighted by atomic mass is 10.1. The number of thiazole rings is 1. The quantitative estimate of drug-likeness (QED) is 0.426. The zero-order valence-corrected chi connectivity index (χ0v) is 18.8. The average Bonchev–Trinajstić information content (AvgIpc) is 3.04. The van der Waals surface area contributed by atoms with E-state index in [1.54, 1.807) is 24.3 Å². The maximum Gasteiger partial charge on any atom is 0.296 e. The smallest absolute Gasteiger partial charge is 0.296 e. The van der Waals surface area contributed by atoms with Gasteiger partial charge in [0.1, 0.15) is 11.4 Å². The number of hydrogen-bond acceptors (Lipinski definition) is 6. The van der Waals surface area contributed by atoms with Crippen LogP contribution in [0, 0.1) is 0 Å². The van der Waals surface area contributed by atoms with Crippen molar-refractivity contribution in [2.75, 3.05) is 6.61 Å². The lowest BCUT2D eigenvalue weighted by Gasteiger charge is -2.05. The number of hydrogen-bond donors (Lipinski definition) is 0. The van der Waals surface area contributed by atoms with Gasteiger partial charge in [-0.05, 0) is 47.9 Å². The van der Waals surface area contributed by atoms with E-state index in [1.165, 1.54) is 0 Å². The van der Waals surface area contributed by atoms with Crippen LogP contribution in [0.2, 0.25) is 10.0 Å². The summed E-state index contributed by atoms with van der Waals surface area (Å²) in [6.07, 6.45) is 2.83. The Hall–Kier alpha value is -2.74. The summed E-state index contributed by atoms with van der Waals surface area (Å²) in [5.74, 6) is 0.768. The summed E-state index contributed by atoms with van der Waals surface area (Å²) >= 11 is 13.2. The van der Waals surface area contributed by atoms with Crippen molar-refractivity contribution in [3.63, 3.8) is 0 Å². The number of aromatic nitrogens is 3. The number of halogens is 2. The van der Waals surface area contributed by atoms with E-state index in [0.717, 1.165) is 33.6 Å². The molecule has 0 aliphatic heterocycles.